The molecule has 0 aliphatic heterocycles. The van der Waals surface area contributed by atoms with Gasteiger partial charge >= 0.3 is 89.5 Å². The van der Waals surface area contributed by atoms with Crippen LogP contribution in [0.5, 0.6) is 0 Å². The van der Waals surface area contributed by atoms with E-state index in [0.717, 1.165) is 0 Å². The molecule has 0 unspecified atom stereocenters. The molecule has 0 radical (unpaired) electrons. The van der Waals surface area contributed by atoms with Crippen LogP contribution in [0.4, 0.5) is 0 Å². The van der Waals surface area contributed by atoms with Crippen LogP contribution in [-0.2, 0) is 22.4 Å². The molecule has 0 aliphatic rings. The van der Waals surface area contributed by atoms with E-state index in [-0.39, 0.29) is 69.2 Å². The van der Waals surface area contributed by atoms with Gasteiger partial charge in [0.2, 0.25) is 0 Å². The molecule has 0 spiro atoms. The minimum absolute atomic E-state index is 0. The van der Waals surface area contributed by atoms with Crippen LogP contribution >= 0.6 is 5.93 Å². The Bertz CT molecular complexity index is 56.9. The Morgan fingerprint density at radius 2 is 1.50 bits per heavy atom. The summed E-state index contributed by atoms with van der Waals surface area (Å²) in [7, 11) is 0. The third kappa shape index (κ3) is 32.3. The van der Waals surface area contributed by atoms with E-state index >= 15 is 0 Å². The average molecular weight is 186 g/mol. The Morgan fingerprint density at radius 3 is 1.50 bits per heavy atom. The van der Waals surface area contributed by atoms with Gasteiger partial charge in [-0.3, -0.25) is 0 Å². The van der Waals surface area contributed by atoms with Crippen molar-refractivity contribution < 1.29 is 32.2 Å². The van der Waals surface area contributed by atoms with Crippen molar-refractivity contribution >= 4 is 57.3 Å². The van der Waals surface area contributed by atoms with E-state index < -0.39 is 5.93 Å². The average Bonchev–Trinajstić information content (AvgIpc) is 0.722. The maximum absolute atomic E-state index is 9.38. The van der Waals surface area contributed by atoms with Crippen LogP contribution in [0, 0.1) is 0 Å². The summed E-state index contributed by atoms with van der Waals surface area (Å²) in [5, 5.41) is 0. The summed E-state index contributed by atoms with van der Waals surface area (Å²) in [6, 6.07) is 0. The molecule has 0 aliphatic carbocycles. The summed E-state index contributed by atoms with van der Waals surface area (Å²) in [5.41, 5.74) is 0. The molecule has 3 nitrogen and oxygen atoms in total. The predicted octanol–water partition coefficient (Wildman–Crippen LogP) is -1.02. The summed E-state index contributed by atoms with van der Waals surface area (Å²) < 4.78 is 9.38. The van der Waals surface area contributed by atoms with E-state index in [4.69, 9.17) is 9.79 Å². The standard InChI is InChI=1S/K.HO3P.Zn.H/c;1-4(2)3;;/h;(H-,1,2,3);;/q;;-1;/p+1. The normalized spacial score (nSPS) is 10.0. The predicted molar refractivity (Wildman–Crippen MR) is 19.2 cm³/mol. The first kappa shape index (κ1) is 11.2. The van der Waals surface area contributed by atoms with Crippen molar-refractivity contribution in [1.29, 1.82) is 0 Å². The molecule has 0 bridgehead atoms. The van der Waals surface area contributed by atoms with Crippen LogP contribution in [0.1, 0.15) is 0 Å². The van der Waals surface area contributed by atoms with Crippen LogP contribution < -0.4 is 0 Å². The molecule has 6 heteroatoms. The fourth-order valence-electron chi connectivity index (χ4n) is 0. The van der Waals surface area contributed by atoms with Crippen LogP contribution in [0.25, 0.3) is 0 Å². The second kappa shape index (κ2) is 4.30. The van der Waals surface area contributed by atoms with Crippen LogP contribution in [0.2, 0.25) is 0 Å². The Morgan fingerprint density at radius 1 is 1.50 bits per heavy atom. The summed E-state index contributed by atoms with van der Waals surface area (Å²) in [6.45, 7) is 0. The fraction of sp³-hybridized carbons (Fsp3) is 0. The van der Waals surface area contributed by atoms with Crippen molar-refractivity contribution in [3.05, 3.63) is 0 Å². The Labute approximate surface area is 87.7 Å². The van der Waals surface area contributed by atoms with Crippen molar-refractivity contribution in [2.75, 3.05) is 0 Å². The van der Waals surface area contributed by atoms with Crippen molar-refractivity contribution in [2.24, 2.45) is 0 Å². The minimum atomic E-state index is -3.51. The molecule has 0 amide bonds. The van der Waals surface area contributed by atoms with E-state index in [0.29, 0.717) is 0 Å². The van der Waals surface area contributed by atoms with Gasteiger partial charge in [-0.1, -0.05) is 0 Å². The molecule has 0 saturated heterocycles. The van der Waals surface area contributed by atoms with Gasteiger partial charge in [0.15, 0.2) is 0 Å². The zero-order valence-corrected chi connectivity index (χ0v) is 6.32. The third-order valence-electron chi connectivity index (χ3n) is 0. The molecule has 29 valence electrons. The van der Waals surface area contributed by atoms with Gasteiger partial charge in [-0.15, -0.1) is 0 Å². The van der Waals surface area contributed by atoms with Crippen LogP contribution in [0.15, 0.2) is 0 Å². The Hall–Kier alpha value is 2.41. The zero-order valence-electron chi connectivity index (χ0n) is 2.46. The van der Waals surface area contributed by atoms with Gasteiger partial charge in [0.1, 0.15) is 0 Å². The summed E-state index contributed by atoms with van der Waals surface area (Å²) >= 11 is 0.0625. The molecule has 0 rings (SSSR count). The van der Waals surface area contributed by atoms with Gasteiger partial charge in [0.05, 0.1) is 0 Å². The van der Waals surface area contributed by atoms with Gasteiger partial charge in [-0.25, -0.2) is 0 Å². The molecule has 0 fully saturated rings. The number of hydrogen-bond acceptors (Lipinski definition) is 1. The maximum atomic E-state index is 9.38. The molecule has 0 saturated carbocycles. The number of rotatable bonds is 0. The third-order valence-corrected chi connectivity index (χ3v) is 0. The number of hydrogen-bond donors (Lipinski definition) is 2. The Balaban J connectivity index is 0. The monoisotopic (exact) mass is 185 g/mol. The zero-order chi connectivity index (χ0) is 4.50. The molecular formula is H3KO3PZn. The summed E-state index contributed by atoms with van der Waals surface area (Å²) in [4.78, 5) is 15.4. The molecule has 0 heterocycles. The summed E-state index contributed by atoms with van der Waals surface area (Å²) in [5.74, 6) is -3.51. The molecular weight excluding hydrogens is 183 g/mol. The first-order chi connectivity index (χ1) is 2.00. The van der Waals surface area contributed by atoms with Crippen molar-refractivity contribution in [3.8, 4) is 0 Å². The molecule has 0 aromatic carbocycles. The molecule has 2 N–H and O–H groups in total. The molecule has 0 aromatic rings. The fourth-order valence-corrected chi connectivity index (χ4v) is 0. The van der Waals surface area contributed by atoms with E-state index in [2.05, 4.69) is 0 Å². The van der Waals surface area contributed by atoms with E-state index in [1.54, 1.807) is 0 Å². The van der Waals surface area contributed by atoms with E-state index in [1.165, 1.54) is 0 Å². The van der Waals surface area contributed by atoms with Crippen LogP contribution in [0.3, 0.4) is 0 Å². The van der Waals surface area contributed by atoms with Gasteiger partial charge in [0.25, 0.3) is 0 Å². The van der Waals surface area contributed by atoms with Crippen molar-refractivity contribution in [1.82, 2.24) is 0 Å². The second-order valence-electron chi connectivity index (χ2n) is 0.665. The second-order valence-corrected chi connectivity index (χ2v) is 7.18. The van der Waals surface area contributed by atoms with Gasteiger partial charge in [-0.2, -0.15) is 0 Å². The molecule has 6 heavy (non-hydrogen) atoms. The van der Waals surface area contributed by atoms with Gasteiger partial charge in [-0.05, 0) is 0 Å². The summed E-state index contributed by atoms with van der Waals surface area (Å²) in [6.07, 6.45) is 0. The van der Waals surface area contributed by atoms with Crippen molar-refractivity contribution in [2.45, 2.75) is 0 Å². The van der Waals surface area contributed by atoms with E-state index in [1.807, 2.05) is 0 Å². The van der Waals surface area contributed by atoms with Gasteiger partial charge in [0, 0.05) is 0 Å². The van der Waals surface area contributed by atoms with Crippen molar-refractivity contribution in [3.63, 3.8) is 0 Å². The topological polar surface area (TPSA) is 57.5 Å². The van der Waals surface area contributed by atoms with Crippen LogP contribution in [-0.4, -0.2) is 61.2 Å². The Kier molecular flexibility index (Phi) is 8.06. The molecule has 0 aromatic heterocycles. The SMILES string of the molecule is O=[P](O)(O)[Zn].[KH]. The van der Waals surface area contributed by atoms with E-state index in [9.17, 15) is 4.57 Å². The van der Waals surface area contributed by atoms with Gasteiger partial charge < -0.3 is 0 Å². The first-order valence-corrected chi connectivity index (χ1v) is 6.68. The quantitative estimate of drug-likeness (QED) is 0.376. The molecule has 0 atom stereocenters. The first-order valence-electron chi connectivity index (χ1n) is 0.899.